The van der Waals surface area contributed by atoms with Crippen LogP contribution in [0.5, 0.6) is 0 Å². The predicted molar refractivity (Wildman–Crippen MR) is 74.3 cm³/mol. The first-order chi connectivity index (χ1) is 8.49. The second-order valence-corrected chi connectivity index (χ2v) is 5.75. The van der Waals surface area contributed by atoms with Crippen molar-refractivity contribution in [2.45, 2.75) is 40.7 Å². The van der Waals surface area contributed by atoms with Crippen LogP contribution < -0.4 is 0 Å². The van der Waals surface area contributed by atoms with Gasteiger partial charge in [0.25, 0.3) is 0 Å². The monoisotopic (exact) mass is 241 g/mol. The summed E-state index contributed by atoms with van der Waals surface area (Å²) in [4.78, 5) is 12.1. The van der Waals surface area contributed by atoms with Gasteiger partial charge in [0.2, 0.25) is 0 Å². The number of aromatic nitrogens is 1. The van der Waals surface area contributed by atoms with Gasteiger partial charge in [-0.15, -0.1) is 0 Å². The second-order valence-electron chi connectivity index (χ2n) is 5.75. The first-order valence-corrected chi connectivity index (χ1v) is 6.62. The Morgan fingerprint density at radius 3 is 2.61 bits per heavy atom. The third-order valence-electron chi connectivity index (χ3n) is 4.36. The molecule has 0 saturated carbocycles. The lowest BCUT2D eigenvalue weighted by Crippen LogP contribution is -2.22. The summed E-state index contributed by atoms with van der Waals surface area (Å²) in [7, 11) is 0. The maximum Gasteiger partial charge on any atom is 0.179 e. The molecule has 0 saturated heterocycles. The molecule has 1 atom stereocenters. The highest BCUT2D eigenvalue weighted by atomic mass is 16.1. The number of carbonyl (C=O) groups is 1. The van der Waals surface area contributed by atoms with Crippen LogP contribution in [-0.4, -0.2) is 10.4 Å². The zero-order chi connectivity index (χ0) is 13.0. The fourth-order valence-electron chi connectivity index (χ4n) is 3.06. The molecule has 0 fully saturated rings. The number of aryl methyl sites for hydroxylation is 2. The number of fused-ring (bicyclic) bond motifs is 3. The van der Waals surface area contributed by atoms with Gasteiger partial charge < -0.3 is 4.57 Å². The van der Waals surface area contributed by atoms with E-state index in [0.29, 0.717) is 18.1 Å². The molecule has 1 unspecified atom stereocenters. The van der Waals surface area contributed by atoms with Gasteiger partial charge in [0, 0.05) is 23.9 Å². The van der Waals surface area contributed by atoms with Crippen LogP contribution in [0.2, 0.25) is 0 Å². The molecule has 0 spiro atoms. The Labute approximate surface area is 108 Å². The largest absolute Gasteiger partial charge is 0.338 e. The molecule has 0 N–H and O–H groups in total. The average Bonchev–Trinajstić information content (AvgIpc) is 2.66. The van der Waals surface area contributed by atoms with Crippen LogP contribution in [0.4, 0.5) is 0 Å². The van der Waals surface area contributed by atoms with Crippen LogP contribution in [0.3, 0.4) is 0 Å². The fraction of sp³-hybridized carbons (Fsp3) is 0.438. The molecule has 0 amide bonds. The maximum atomic E-state index is 12.1. The number of hydrogen-bond donors (Lipinski definition) is 0. The molecule has 1 aliphatic rings. The molecule has 1 aromatic heterocycles. The van der Waals surface area contributed by atoms with Gasteiger partial charge in [-0.25, -0.2) is 0 Å². The van der Waals surface area contributed by atoms with Crippen LogP contribution in [0.25, 0.3) is 10.9 Å². The molecule has 18 heavy (non-hydrogen) atoms. The van der Waals surface area contributed by atoms with E-state index in [1.165, 1.54) is 27.6 Å². The molecule has 1 aliphatic heterocycles. The molecule has 2 aromatic rings. The highest BCUT2D eigenvalue weighted by molar-refractivity contribution is 6.02. The van der Waals surface area contributed by atoms with E-state index in [9.17, 15) is 4.79 Å². The minimum atomic E-state index is 0.291. The summed E-state index contributed by atoms with van der Waals surface area (Å²) in [5.41, 5.74) is 6.09. The van der Waals surface area contributed by atoms with Crippen LogP contribution in [-0.2, 0) is 6.54 Å². The summed E-state index contributed by atoms with van der Waals surface area (Å²) in [6, 6.07) is 4.32. The fourth-order valence-corrected chi connectivity index (χ4v) is 3.06. The molecule has 0 radical (unpaired) electrons. The molecule has 2 nitrogen and oxygen atoms in total. The summed E-state index contributed by atoms with van der Waals surface area (Å²) in [6.07, 6.45) is 0.688. The Morgan fingerprint density at radius 2 is 1.89 bits per heavy atom. The van der Waals surface area contributed by atoms with Gasteiger partial charge in [-0.1, -0.05) is 6.92 Å². The standard InChI is InChI=1S/C16H19NO/c1-9-5-16(18)15-7-13-12(4)11(3)10(2)6-14(13)17(15)8-9/h6-7,9H,5,8H2,1-4H3. The minimum Gasteiger partial charge on any atom is -0.338 e. The Bertz CT molecular complexity index is 664. The molecule has 0 bridgehead atoms. The van der Waals surface area contributed by atoms with E-state index in [0.717, 1.165) is 12.2 Å². The first kappa shape index (κ1) is 11.5. The zero-order valence-electron chi connectivity index (χ0n) is 11.5. The molecular weight excluding hydrogens is 222 g/mol. The van der Waals surface area contributed by atoms with Crippen molar-refractivity contribution >= 4 is 16.7 Å². The van der Waals surface area contributed by atoms with Crippen molar-refractivity contribution in [3.8, 4) is 0 Å². The van der Waals surface area contributed by atoms with E-state index < -0.39 is 0 Å². The average molecular weight is 241 g/mol. The SMILES string of the molecule is Cc1cc2c(cc3n2CC(C)CC3=O)c(C)c1C. The van der Waals surface area contributed by atoms with Crippen molar-refractivity contribution in [2.75, 3.05) is 0 Å². The van der Waals surface area contributed by atoms with Crippen molar-refractivity contribution < 1.29 is 4.79 Å². The van der Waals surface area contributed by atoms with Gasteiger partial charge >= 0.3 is 0 Å². The lowest BCUT2D eigenvalue weighted by atomic mass is 9.99. The highest BCUT2D eigenvalue weighted by Gasteiger charge is 2.25. The molecule has 94 valence electrons. The van der Waals surface area contributed by atoms with Crippen molar-refractivity contribution in [3.05, 3.63) is 34.5 Å². The van der Waals surface area contributed by atoms with Gasteiger partial charge in [-0.2, -0.15) is 0 Å². The van der Waals surface area contributed by atoms with Gasteiger partial charge in [0.15, 0.2) is 5.78 Å². The van der Waals surface area contributed by atoms with Gasteiger partial charge in [0.05, 0.1) is 5.69 Å². The lowest BCUT2D eigenvalue weighted by molar-refractivity contribution is 0.0930. The molecule has 0 aliphatic carbocycles. The maximum absolute atomic E-state index is 12.1. The first-order valence-electron chi connectivity index (χ1n) is 6.62. The van der Waals surface area contributed by atoms with E-state index in [2.05, 4.69) is 44.4 Å². The number of carbonyl (C=O) groups excluding carboxylic acids is 1. The van der Waals surface area contributed by atoms with Gasteiger partial charge in [-0.3, -0.25) is 4.79 Å². The topological polar surface area (TPSA) is 22.0 Å². The number of ketones is 1. The third-order valence-corrected chi connectivity index (χ3v) is 4.36. The minimum absolute atomic E-state index is 0.291. The van der Waals surface area contributed by atoms with Crippen molar-refractivity contribution in [1.29, 1.82) is 0 Å². The Kier molecular flexibility index (Phi) is 2.37. The van der Waals surface area contributed by atoms with Crippen LogP contribution >= 0.6 is 0 Å². The summed E-state index contributed by atoms with van der Waals surface area (Å²) in [5.74, 6) is 0.738. The zero-order valence-corrected chi connectivity index (χ0v) is 11.5. The van der Waals surface area contributed by atoms with Gasteiger partial charge in [-0.05, 0) is 55.5 Å². The smallest absolute Gasteiger partial charge is 0.179 e. The molecule has 2 heteroatoms. The molecule has 1 aromatic carbocycles. The number of nitrogens with zero attached hydrogens (tertiary/aromatic N) is 1. The van der Waals surface area contributed by atoms with E-state index in [4.69, 9.17) is 0 Å². The van der Waals surface area contributed by atoms with Crippen molar-refractivity contribution in [3.63, 3.8) is 0 Å². The molecule has 2 heterocycles. The third kappa shape index (κ3) is 1.45. The lowest BCUT2D eigenvalue weighted by Gasteiger charge is -2.21. The summed E-state index contributed by atoms with van der Waals surface area (Å²) >= 11 is 0. The van der Waals surface area contributed by atoms with E-state index in [1.54, 1.807) is 0 Å². The molecular formula is C16H19NO. The number of rotatable bonds is 0. The summed E-state index contributed by atoms with van der Waals surface area (Å²) < 4.78 is 2.21. The number of benzene rings is 1. The quantitative estimate of drug-likeness (QED) is 0.688. The van der Waals surface area contributed by atoms with Crippen LogP contribution in [0.1, 0.15) is 40.5 Å². The van der Waals surface area contributed by atoms with Crippen molar-refractivity contribution in [2.24, 2.45) is 5.92 Å². The number of hydrogen-bond acceptors (Lipinski definition) is 1. The van der Waals surface area contributed by atoms with Crippen LogP contribution in [0, 0.1) is 26.7 Å². The van der Waals surface area contributed by atoms with Gasteiger partial charge in [0.1, 0.15) is 0 Å². The van der Waals surface area contributed by atoms with E-state index in [1.807, 2.05) is 0 Å². The Hall–Kier alpha value is -1.57. The van der Waals surface area contributed by atoms with E-state index in [-0.39, 0.29) is 0 Å². The van der Waals surface area contributed by atoms with Crippen molar-refractivity contribution in [1.82, 2.24) is 4.57 Å². The summed E-state index contributed by atoms with van der Waals surface area (Å²) in [6.45, 7) is 9.58. The highest BCUT2D eigenvalue weighted by Crippen LogP contribution is 2.32. The number of Topliss-reactive ketones (excluding diaryl/α,β-unsaturated/α-hetero) is 1. The van der Waals surface area contributed by atoms with E-state index >= 15 is 0 Å². The van der Waals surface area contributed by atoms with Crippen LogP contribution in [0.15, 0.2) is 12.1 Å². The normalized spacial score (nSPS) is 19.3. The second kappa shape index (κ2) is 3.71. The predicted octanol–water partition coefficient (Wildman–Crippen LogP) is 3.79. The Balaban J connectivity index is 2.38. The summed E-state index contributed by atoms with van der Waals surface area (Å²) in [5, 5.41) is 1.25. The molecule has 3 rings (SSSR count). The Morgan fingerprint density at radius 1 is 1.17 bits per heavy atom.